The average molecular weight is 393 g/mol. The molecular formula is C21H23N5O3. The molecule has 8 nitrogen and oxygen atoms in total. The zero-order chi connectivity index (χ0) is 20.2. The van der Waals surface area contributed by atoms with Gasteiger partial charge >= 0.3 is 0 Å². The first-order valence-corrected chi connectivity index (χ1v) is 9.54. The predicted molar refractivity (Wildman–Crippen MR) is 109 cm³/mol. The van der Waals surface area contributed by atoms with Crippen LogP contribution in [-0.2, 0) is 11.8 Å². The normalized spacial score (nSPS) is 17.7. The summed E-state index contributed by atoms with van der Waals surface area (Å²) >= 11 is 0. The van der Waals surface area contributed by atoms with Crippen molar-refractivity contribution in [2.24, 2.45) is 7.05 Å². The Labute approximate surface area is 168 Å². The SMILES string of the molecule is CC(Oc1ccccc1)C1CN(c2nc(-c3ccncn3)cc(=O)n2C)CCO1. The summed E-state index contributed by atoms with van der Waals surface area (Å²) in [5.41, 5.74) is 1.01. The van der Waals surface area contributed by atoms with E-state index in [0.29, 0.717) is 37.0 Å². The molecule has 3 heterocycles. The largest absolute Gasteiger partial charge is 0.488 e. The van der Waals surface area contributed by atoms with Crippen LogP contribution in [0.2, 0.25) is 0 Å². The first-order valence-electron chi connectivity index (χ1n) is 9.54. The molecule has 0 saturated carbocycles. The molecule has 3 aromatic rings. The quantitative estimate of drug-likeness (QED) is 0.655. The Morgan fingerprint density at radius 2 is 2.03 bits per heavy atom. The summed E-state index contributed by atoms with van der Waals surface area (Å²) in [6.45, 7) is 3.73. The Kier molecular flexibility index (Phi) is 5.53. The molecule has 150 valence electrons. The van der Waals surface area contributed by atoms with Crippen molar-refractivity contribution in [1.29, 1.82) is 0 Å². The zero-order valence-electron chi connectivity index (χ0n) is 16.4. The van der Waals surface area contributed by atoms with Gasteiger partial charge in [-0.3, -0.25) is 9.36 Å². The van der Waals surface area contributed by atoms with Crippen LogP contribution in [0.4, 0.5) is 5.95 Å². The van der Waals surface area contributed by atoms with Crippen LogP contribution >= 0.6 is 0 Å². The summed E-state index contributed by atoms with van der Waals surface area (Å²) in [5, 5.41) is 0. The molecule has 0 spiro atoms. The minimum absolute atomic E-state index is 0.139. The van der Waals surface area contributed by atoms with Crippen LogP contribution in [0.5, 0.6) is 5.75 Å². The van der Waals surface area contributed by atoms with Gasteiger partial charge in [0.1, 0.15) is 24.3 Å². The highest BCUT2D eigenvalue weighted by Gasteiger charge is 2.29. The van der Waals surface area contributed by atoms with Crippen LogP contribution in [0.1, 0.15) is 6.92 Å². The number of morpholine rings is 1. The van der Waals surface area contributed by atoms with E-state index in [1.807, 2.05) is 37.3 Å². The number of aromatic nitrogens is 4. The summed E-state index contributed by atoms with van der Waals surface area (Å²) in [5.74, 6) is 1.39. The van der Waals surface area contributed by atoms with Crippen LogP contribution in [0.3, 0.4) is 0 Å². The standard InChI is InChI=1S/C21H23N5O3/c1-15(29-16-6-4-3-5-7-16)19-13-26(10-11-28-19)21-24-18(12-20(27)25(21)2)17-8-9-22-14-23-17/h3-9,12,14-15,19H,10-11,13H2,1-2H3. The molecule has 1 aliphatic heterocycles. The van der Waals surface area contributed by atoms with E-state index in [1.165, 1.54) is 12.4 Å². The van der Waals surface area contributed by atoms with Crippen molar-refractivity contribution in [1.82, 2.24) is 19.5 Å². The molecule has 29 heavy (non-hydrogen) atoms. The van der Waals surface area contributed by atoms with Gasteiger partial charge in [0.2, 0.25) is 5.95 Å². The maximum atomic E-state index is 12.5. The minimum atomic E-state index is -0.151. The number of para-hydroxylation sites is 1. The van der Waals surface area contributed by atoms with Crippen molar-refractivity contribution < 1.29 is 9.47 Å². The third-order valence-corrected chi connectivity index (χ3v) is 4.92. The molecule has 2 atom stereocenters. The molecule has 1 aromatic carbocycles. The lowest BCUT2D eigenvalue weighted by Crippen LogP contribution is -2.50. The van der Waals surface area contributed by atoms with E-state index in [-0.39, 0.29) is 17.8 Å². The number of hydrogen-bond acceptors (Lipinski definition) is 7. The van der Waals surface area contributed by atoms with Gasteiger partial charge in [-0.25, -0.2) is 15.0 Å². The Morgan fingerprint density at radius 3 is 2.79 bits per heavy atom. The van der Waals surface area contributed by atoms with Gasteiger partial charge in [0, 0.05) is 25.9 Å². The number of nitrogens with zero attached hydrogens (tertiary/aromatic N) is 5. The van der Waals surface area contributed by atoms with E-state index in [1.54, 1.807) is 23.9 Å². The second-order valence-corrected chi connectivity index (χ2v) is 6.92. The minimum Gasteiger partial charge on any atom is -0.488 e. The van der Waals surface area contributed by atoms with Crippen LogP contribution in [0, 0.1) is 0 Å². The van der Waals surface area contributed by atoms with Crippen molar-refractivity contribution in [3.63, 3.8) is 0 Å². The maximum absolute atomic E-state index is 12.5. The second-order valence-electron chi connectivity index (χ2n) is 6.92. The van der Waals surface area contributed by atoms with E-state index in [0.717, 1.165) is 5.75 Å². The summed E-state index contributed by atoms with van der Waals surface area (Å²) in [4.78, 5) is 27.4. The Hall–Kier alpha value is -3.26. The van der Waals surface area contributed by atoms with Crippen LogP contribution in [0.15, 0.2) is 59.8 Å². The third-order valence-electron chi connectivity index (χ3n) is 4.92. The van der Waals surface area contributed by atoms with E-state index in [9.17, 15) is 4.79 Å². The fourth-order valence-corrected chi connectivity index (χ4v) is 3.31. The zero-order valence-corrected chi connectivity index (χ0v) is 16.4. The molecule has 1 saturated heterocycles. The molecule has 4 rings (SSSR count). The number of rotatable bonds is 5. The number of hydrogen-bond donors (Lipinski definition) is 0. The van der Waals surface area contributed by atoms with Gasteiger partial charge in [0.05, 0.1) is 24.5 Å². The predicted octanol–water partition coefficient (Wildman–Crippen LogP) is 1.91. The van der Waals surface area contributed by atoms with Gasteiger partial charge < -0.3 is 14.4 Å². The first-order chi connectivity index (χ1) is 14.1. The van der Waals surface area contributed by atoms with E-state index < -0.39 is 0 Å². The molecule has 1 fully saturated rings. The van der Waals surface area contributed by atoms with Crippen LogP contribution in [-0.4, -0.2) is 51.4 Å². The molecule has 0 N–H and O–H groups in total. The fourth-order valence-electron chi connectivity index (χ4n) is 3.31. The van der Waals surface area contributed by atoms with E-state index in [2.05, 4.69) is 14.9 Å². The van der Waals surface area contributed by atoms with Gasteiger partial charge in [0.15, 0.2) is 0 Å². The summed E-state index contributed by atoms with van der Waals surface area (Å²) in [6.07, 6.45) is 2.78. The van der Waals surface area contributed by atoms with Crippen molar-refractivity contribution in [2.45, 2.75) is 19.1 Å². The van der Waals surface area contributed by atoms with Gasteiger partial charge in [-0.05, 0) is 25.1 Å². The lowest BCUT2D eigenvalue weighted by Gasteiger charge is -2.36. The Bertz CT molecular complexity index is 1010. The average Bonchev–Trinajstić information content (AvgIpc) is 2.77. The Balaban J connectivity index is 1.56. The van der Waals surface area contributed by atoms with Crippen LogP contribution in [0.25, 0.3) is 11.4 Å². The molecule has 8 heteroatoms. The number of benzene rings is 1. The van der Waals surface area contributed by atoms with E-state index >= 15 is 0 Å². The van der Waals surface area contributed by atoms with E-state index in [4.69, 9.17) is 14.5 Å². The molecule has 2 aromatic heterocycles. The second kappa shape index (κ2) is 8.40. The summed E-state index contributed by atoms with van der Waals surface area (Å²) in [7, 11) is 1.72. The first kappa shape index (κ1) is 19.1. The molecule has 1 aliphatic rings. The topological polar surface area (TPSA) is 82.4 Å². The van der Waals surface area contributed by atoms with Gasteiger partial charge in [-0.1, -0.05) is 18.2 Å². The number of anilines is 1. The fraction of sp³-hybridized carbons (Fsp3) is 0.333. The molecule has 2 unspecified atom stereocenters. The van der Waals surface area contributed by atoms with Crippen LogP contribution < -0.4 is 15.2 Å². The molecule has 0 bridgehead atoms. The monoisotopic (exact) mass is 393 g/mol. The number of ether oxygens (including phenoxy) is 2. The van der Waals surface area contributed by atoms with Crippen molar-refractivity contribution in [3.05, 3.63) is 65.3 Å². The summed E-state index contributed by atoms with van der Waals surface area (Å²) < 4.78 is 13.5. The van der Waals surface area contributed by atoms with Crippen molar-refractivity contribution in [2.75, 3.05) is 24.6 Å². The molecule has 0 radical (unpaired) electrons. The summed E-state index contributed by atoms with van der Waals surface area (Å²) in [6, 6.07) is 12.9. The van der Waals surface area contributed by atoms with Gasteiger partial charge in [-0.15, -0.1) is 0 Å². The maximum Gasteiger partial charge on any atom is 0.255 e. The Morgan fingerprint density at radius 1 is 1.21 bits per heavy atom. The molecular weight excluding hydrogens is 370 g/mol. The van der Waals surface area contributed by atoms with Crippen molar-refractivity contribution >= 4 is 5.95 Å². The highest BCUT2D eigenvalue weighted by Crippen LogP contribution is 2.21. The smallest absolute Gasteiger partial charge is 0.255 e. The molecule has 0 amide bonds. The lowest BCUT2D eigenvalue weighted by molar-refractivity contribution is -0.0269. The molecule has 0 aliphatic carbocycles. The van der Waals surface area contributed by atoms with Crippen molar-refractivity contribution in [3.8, 4) is 17.1 Å². The van der Waals surface area contributed by atoms with Gasteiger partial charge in [0.25, 0.3) is 5.56 Å². The highest BCUT2D eigenvalue weighted by atomic mass is 16.5. The van der Waals surface area contributed by atoms with Gasteiger partial charge in [-0.2, -0.15) is 0 Å². The third kappa shape index (κ3) is 4.27. The lowest BCUT2D eigenvalue weighted by atomic mass is 10.2. The highest BCUT2D eigenvalue weighted by molar-refractivity contribution is 5.55.